The van der Waals surface area contributed by atoms with E-state index in [-0.39, 0.29) is 0 Å². The summed E-state index contributed by atoms with van der Waals surface area (Å²) in [6.45, 7) is 4.23. The Labute approximate surface area is 89.9 Å². The number of nitrogens with two attached hydrogens (primary N) is 1. The topological polar surface area (TPSA) is 38.4 Å². The van der Waals surface area contributed by atoms with Gasteiger partial charge in [0.2, 0.25) is 0 Å². The molecule has 0 fully saturated rings. The van der Waals surface area contributed by atoms with E-state index in [1.54, 1.807) is 11.3 Å². The number of hydrogen-bond acceptors (Lipinski definition) is 2. The first kappa shape index (κ1) is 11.2. The lowest BCUT2D eigenvalue weighted by molar-refractivity contribution is 0.741. The van der Waals surface area contributed by atoms with Crippen molar-refractivity contribution >= 4 is 17.2 Å². The van der Waals surface area contributed by atoms with E-state index in [4.69, 9.17) is 5.73 Å². The summed E-state index contributed by atoms with van der Waals surface area (Å²) in [5, 5.41) is 2.10. The van der Waals surface area contributed by atoms with Crippen LogP contribution in [0.5, 0.6) is 0 Å². The Morgan fingerprint density at radius 3 is 3.00 bits per heavy atom. The highest BCUT2D eigenvalue weighted by Gasteiger charge is 2.02. The molecule has 78 valence electrons. The molecular formula is C11H18N2S. The fraction of sp³-hybridized carbons (Fsp3) is 0.545. The summed E-state index contributed by atoms with van der Waals surface area (Å²) in [6, 6.07) is 4.53. The Kier molecular flexibility index (Phi) is 4.66. The monoisotopic (exact) mass is 210 g/mol. The van der Waals surface area contributed by atoms with Crippen molar-refractivity contribution in [2.24, 2.45) is 10.7 Å². The van der Waals surface area contributed by atoms with Gasteiger partial charge in [-0.3, -0.25) is 4.99 Å². The second kappa shape index (κ2) is 5.81. The standard InChI is InChI=1S/C11H18N2S/c1-3-5-11(12)13-9(2)8-10-6-4-7-14-10/h4,6-7,9H,3,5,8H2,1-2H3,(H2,12,13). The zero-order valence-electron chi connectivity index (χ0n) is 8.86. The zero-order chi connectivity index (χ0) is 10.4. The summed E-state index contributed by atoms with van der Waals surface area (Å²) in [5.41, 5.74) is 5.77. The van der Waals surface area contributed by atoms with Crippen LogP contribution in [0, 0.1) is 0 Å². The van der Waals surface area contributed by atoms with Gasteiger partial charge in [0.1, 0.15) is 0 Å². The van der Waals surface area contributed by atoms with Gasteiger partial charge in [0.05, 0.1) is 11.9 Å². The highest BCUT2D eigenvalue weighted by Crippen LogP contribution is 2.12. The van der Waals surface area contributed by atoms with Crippen molar-refractivity contribution in [2.75, 3.05) is 0 Å². The maximum absolute atomic E-state index is 5.77. The minimum atomic E-state index is 0.306. The molecule has 0 aliphatic carbocycles. The molecule has 0 amide bonds. The largest absolute Gasteiger partial charge is 0.387 e. The summed E-state index contributed by atoms with van der Waals surface area (Å²) in [4.78, 5) is 5.82. The van der Waals surface area contributed by atoms with Crippen LogP contribution in [0.4, 0.5) is 0 Å². The number of amidine groups is 1. The van der Waals surface area contributed by atoms with E-state index in [1.165, 1.54) is 4.88 Å². The Morgan fingerprint density at radius 1 is 1.64 bits per heavy atom. The predicted octanol–water partition coefficient (Wildman–Crippen LogP) is 2.84. The van der Waals surface area contributed by atoms with Gasteiger partial charge in [0, 0.05) is 17.7 Å². The number of thiophene rings is 1. The molecule has 0 bridgehead atoms. The summed E-state index contributed by atoms with van der Waals surface area (Å²) in [5.74, 6) is 0.788. The van der Waals surface area contributed by atoms with Crippen molar-refractivity contribution in [3.05, 3.63) is 22.4 Å². The molecule has 0 aliphatic rings. The maximum atomic E-state index is 5.77. The first-order valence-electron chi connectivity index (χ1n) is 5.07. The van der Waals surface area contributed by atoms with Crippen LogP contribution in [-0.2, 0) is 6.42 Å². The number of nitrogens with zero attached hydrogens (tertiary/aromatic N) is 1. The molecule has 0 radical (unpaired) electrons. The van der Waals surface area contributed by atoms with Crippen LogP contribution in [0.25, 0.3) is 0 Å². The molecule has 0 spiro atoms. The molecule has 1 heterocycles. The van der Waals surface area contributed by atoms with E-state index >= 15 is 0 Å². The average Bonchev–Trinajstić information content (AvgIpc) is 2.56. The van der Waals surface area contributed by atoms with Crippen molar-refractivity contribution in [3.63, 3.8) is 0 Å². The van der Waals surface area contributed by atoms with Crippen LogP contribution in [0.1, 0.15) is 31.6 Å². The van der Waals surface area contributed by atoms with Crippen molar-refractivity contribution in [1.29, 1.82) is 0 Å². The molecule has 2 N–H and O–H groups in total. The van der Waals surface area contributed by atoms with Crippen LogP contribution in [0.3, 0.4) is 0 Å². The highest BCUT2D eigenvalue weighted by atomic mass is 32.1. The van der Waals surface area contributed by atoms with Gasteiger partial charge < -0.3 is 5.73 Å². The molecule has 1 unspecified atom stereocenters. The molecule has 0 aliphatic heterocycles. The Bertz CT molecular complexity index is 277. The number of aliphatic imine (C=N–C) groups is 1. The molecule has 1 aromatic heterocycles. The first-order chi connectivity index (χ1) is 6.72. The SMILES string of the molecule is CCCC(N)=NC(C)Cc1cccs1. The second-order valence-electron chi connectivity index (χ2n) is 3.50. The minimum Gasteiger partial charge on any atom is -0.387 e. The minimum absolute atomic E-state index is 0.306. The van der Waals surface area contributed by atoms with E-state index in [9.17, 15) is 0 Å². The van der Waals surface area contributed by atoms with Gasteiger partial charge in [-0.25, -0.2) is 0 Å². The second-order valence-corrected chi connectivity index (χ2v) is 4.54. The molecule has 2 nitrogen and oxygen atoms in total. The molecule has 1 atom stereocenters. The van der Waals surface area contributed by atoms with E-state index in [2.05, 4.69) is 36.4 Å². The van der Waals surface area contributed by atoms with E-state index in [0.29, 0.717) is 6.04 Å². The molecular weight excluding hydrogens is 192 g/mol. The first-order valence-corrected chi connectivity index (χ1v) is 5.95. The average molecular weight is 210 g/mol. The summed E-state index contributed by atoms with van der Waals surface area (Å²) in [7, 11) is 0. The lowest BCUT2D eigenvalue weighted by Crippen LogP contribution is -2.15. The Morgan fingerprint density at radius 2 is 2.43 bits per heavy atom. The third-order valence-electron chi connectivity index (χ3n) is 1.97. The van der Waals surface area contributed by atoms with Crippen LogP contribution in [-0.4, -0.2) is 11.9 Å². The summed E-state index contributed by atoms with van der Waals surface area (Å²) < 4.78 is 0. The molecule has 1 rings (SSSR count). The van der Waals surface area contributed by atoms with E-state index in [1.807, 2.05) is 0 Å². The Hall–Kier alpha value is -0.830. The maximum Gasteiger partial charge on any atom is 0.0940 e. The molecule has 0 saturated heterocycles. The van der Waals surface area contributed by atoms with Crippen LogP contribution in [0.15, 0.2) is 22.5 Å². The van der Waals surface area contributed by atoms with E-state index in [0.717, 1.165) is 25.1 Å². The lowest BCUT2D eigenvalue weighted by Gasteiger charge is -2.06. The van der Waals surface area contributed by atoms with Gasteiger partial charge in [-0.05, 0) is 24.8 Å². The lowest BCUT2D eigenvalue weighted by atomic mass is 10.2. The number of rotatable bonds is 5. The van der Waals surface area contributed by atoms with Gasteiger partial charge in [-0.1, -0.05) is 13.0 Å². The smallest absolute Gasteiger partial charge is 0.0940 e. The van der Waals surface area contributed by atoms with Crippen LogP contribution >= 0.6 is 11.3 Å². The quantitative estimate of drug-likeness (QED) is 0.589. The summed E-state index contributed by atoms with van der Waals surface area (Å²) in [6.07, 6.45) is 2.98. The van der Waals surface area contributed by atoms with Crippen molar-refractivity contribution < 1.29 is 0 Å². The molecule has 14 heavy (non-hydrogen) atoms. The van der Waals surface area contributed by atoms with Crippen molar-refractivity contribution in [3.8, 4) is 0 Å². The van der Waals surface area contributed by atoms with Crippen molar-refractivity contribution in [2.45, 2.75) is 39.2 Å². The molecule has 3 heteroatoms. The Balaban J connectivity index is 2.42. The third kappa shape index (κ3) is 3.92. The van der Waals surface area contributed by atoms with Crippen molar-refractivity contribution in [1.82, 2.24) is 0 Å². The fourth-order valence-corrected chi connectivity index (χ4v) is 2.20. The predicted molar refractivity (Wildman–Crippen MR) is 64.0 cm³/mol. The van der Waals surface area contributed by atoms with Gasteiger partial charge >= 0.3 is 0 Å². The third-order valence-corrected chi connectivity index (χ3v) is 2.87. The van der Waals surface area contributed by atoms with Gasteiger partial charge in [-0.15, -0.1) is 11.3 Å². The fourth-order valence-electron chi connectivity index (χ4n) is 1.37. The normalized spacial score (nSPS) is 14.3. The molecule has 0 aromatic carbocycles. The van der Waals surface area contributed by atoms with Gasteiger partial charge in [0.15, 0.2) is 0 Å². The molecule has 0 saturated carbocycles. The summed E-state index contributed by atoms with van der Waals surface area (Å²) >= 11 is 1.78. The van der Waals surface area contributed by atoms with Gasteiger partial charge in [-0.2, -0.15) is 0 Å². The van der Waals surface area contributed by atoms with Crippen LogP contribution in [0.2, 0.25) is 0 Å². The molecule has 1 aromatic rings. The van der Waals surface area contributed by atoms with Crippen LogP contribution < -0.4 is 5.73 Å². The highest BCUT2D eigenvalue weighted by molar-refractivity contribution is 7.09. The number of hydrogen-bond donors (Lipinski definition) is 1. The van der Waals surface area contributed by atoms with Gasteiger partial charge in [0.25, 0.3) is 0 Å². The van der Waals surface area contributed by atoms with E-state index < -0.39 is 0 Å². The zero-order valence-corrected chi connectivity index (χ0v) is 9.68.